The summed E-state index contributed by atoms with van der Waals surface area (Å²) in [5.41, 5.74) is 2.20. The van der Waals surface area contributed by atoms with Crippen molar-refractivity contribution in [2.45, 2.75) is 26.2 Å². The predicted octanol–water partition coefficient (Wildman–Crippen LogP) is 4.38. The van der Waals surface area contributed by atoms with Crippen molar-refractivity contribution < 1.29 is 4.79 Å². The summed E-state index contributed by atoms with van der Waals surface area (Å²) in [7, 11) is 0. The summed E-state index contributed by atoms with van der Waals surface area (Å²) >= 11 is 0. The lowest BCUT2D eigenvalue weighted by atomic mass is 9.94. The average molecular weight is 250 g/mol. The van der Waals surface area contributed by atoms with Crippen LogP contribution in [-0.4, -0.2) is 5.78 Å². The van der Waals surface area contributed by atoms with Gasteiger partial charge < -0.3 is 0 Å². The van der Waals surface area contributed by atoms with Gasteiger partial charge in [0.25, 0.3) is 0 Å². The van der Waals surface area contributed by atoms with Gasteiger partial charge in [0.05, 0.1) is 0 Å². The van der Waals surface area contributed by atoms with Gasteiger partial charge in [-0.15, -0.1) is 0 Å². The smallest absolute Gasteiger partial charge is 0.167 e. The van der Waals surface area contributed by atoms with E-state index in [1.165, 1.54) is 30.2 Å². The maximum Gasteiger partial charge on any atom is 0.167 e. The molecule has 0 saturated heterocycles. The van der Waals surface area contributed by atoms with E-state index in [2.05, 4.69) is 31.2 Å². The number of benzene rings is 2. The highest BCUT2D eigenvalue weighted by molar-refractivity contribution is 6.11. The van der Waals surface area contributed by atoms with Gasteiger partial charge in [-0.25, -0.2) is 0 Å². The lowest BCUT2D eigenvalue weighted by Gasteiger charge is -2.09. The standard InChI is InChI=1S/C18H18O/c1-11-9-10-16(13-6-3-2-5-12(11)13)18(19)17-14-7-4-8-15(14)17/h2-3,5-6,9-10,14-15,17H,4,7-8H2,1H3. The summed E-state index contributed by atoms with van der Waals surface area (Å²) in [5.74, 6) is 2.13. The van der Waals surface area contributed by atoms with Crippen LogP contribution in [-0.2, 0) is 0 Å². The summed E-state index contributed by atoms with van der Waals surface area (Å²) in [6, 6.07) is 12.4. The second-order valence-corrected chi connectivity index (χ2v) is 6.12. The van der Waals surface area contributed by atoms with Crippen molar-refractivity contribution in [1.82, 2.24) is 0 Å². The van der Waals surface area contributed by atoms with Crippen molar-refractivity contribution in [2.24, 2.45) is 17.8 Å². The van der Waals surface area contributed by atoms with Gasteiger partial charge in [0.15, 0.2) is 5.78 Å². The van der Waals surface area contributed by atoms with E-state index >= 15 is 0 Å². The van der Waals surface area contributed by atoms with Gasteiger partial charge in [0, 0.05) is 11.5 Å². The largest absolute Gasteiger partial charge is 0.294 e. The van der Waals surface area contributed by atoms with Crippen molar-refractivity contribution >= 4 is 16.6 Å². The van der Waals surface area contributed by atoms with E-state index in [4.69, 9.17) is 0 Å². The Morgan fingerprint density at radius 1 is 1.00 bits per heavy atom. The molecule has 0 N–H and O–H groups in total. The van der Waals surface area contributed by atoms with Crippen LogP contribution in [0.3, 0.4) is 0 Å². The Labute approximate surface area is 113 Å². The molecule has 0 bridgehead atoms. The third-order valence-electron chi connectivity index (χ3n) is 5.12. The highest BCUT2D eigenvalue weighted by Gasteiger charge is 2.56. The van der Waals surface area contributed by atoms with Crippen molar-refractivity contribution in [2.75, 3.05) is 0 Å². The molecule has 2 aromatic rings. The maximum absolute atomic E-state index is 12.7. The van der Waals surface area contributed by atoms with Crippen LogP contribution >= 0.6 is 0 Å². The van der Waals surface area contributed by atoms with E-state index in [0.29, 0.717) is 23.5 Å². The first-order chi connectivity index (χ1) is 9.27. The third-order valence-corrected chi connectivity index (χ3v) is 5.12. The summed E-state index contributed by atoms with van der Waals surface area (Å²) in [6.45, 7) is 2.11. The van der Waals surface area contributed by atoms with Crippen molar-refractivity contribution in [1.29, 1.82) is 0 Å². The van der Waals surface area contributed by atoms with E-state index in [9.17, 15) is 4.79 Å². The first-order valence-corrected chi connectivity index (χ1v) is 7.30. The lowest BCUT2D eigenvalue weighted by molar-refractivity contribution is 0.0953. The lowest BCUT2D eigenvalue weighted by Crippen LogP contribution is -2.07. The number of hydrogen-bond donors (Lipinski definition) is 0. The summed E-state index contributed by atoms with van der Waals surface area (Å²) in [5, 5.41) is 2.36. The van der Waals surface area contributed by atoms with E-state index in [1.54, 1.807) is 0 Å². The average Bonchev–Trinajstić information content (AvgIpc) is 2.92. The van der Waals surface area contributed by atoms with Gasteiger partial charge in [-0.3, -0.25) is 4.79 Å². The van der Waals surface area contributed by atoms with E-state index in [-0.39, 0.29) is 0 Å². The molecular weight excluding hydrogens is 232 g/mol. The van der Waals surface area contributed by atoms with Crippen LogP contribution < -0.4 is 0 Å². The molecule has 2 saturated carbocycles. The van der Waals surface area contributed by atoms with Crippen LogP contribution in [0, 0.1) is 24.7 Å². The molecule has 19 heavy (non-hydrogen) atoms. The summed E-state index contributed by atoms with van der Waals surface area (Å²) in [4.78, 5) is 12.7. The predicted molar refractivity (Wildman–Crippen MR) is 77.3 cm³/mol. The normalized spacial score (nSPS) is 28.4. The number of hydrogen-bond acceptors (Lipinski definition) is 1. The Morgan fingerprint density at radius 2 is 1.68 bits per heavy atom. The zero-order chi connectivity index (χ0) is 13.0. The number of ketones is 1. The minimum absolute atomic E-state index is 0.333. The molecule has 0 aromatic heterocycles. The Hall–Kier alpha value is -1.63. The monoisotopic (exact) mass is 250 g/mol. The number of carbonyl (C=O) groups is 1. The van der Waals surface area contributed by atoms with Crippen LogP contribution in [0.1, 0.15) is 35.2 Å². The van der Waals surface area contributed by atoms with Gasteiger partial charge in [0.1, 0.15) is 0 Å². The first-order valence-electron chi connectivity index (χ1n) is 7.30. The zero-order valence-electron chi connectivity index (χ0n) is 11.2. The Balaban J connectivity index is 1.79. The molecule has 96 valence electrons. The van der Waals surface area contributed by atoms with Crippen LogP contribution in [0.2, 0.25) is 0 Å². The highest BCUT2D eigenvalue weighted by Crippen LogP contribution is 2.58. The molecule has 0 radical (unpaired) electrons. The molecule has 2 aromatic carbocycles. The molecule has 0 aliphatic heterocycles. The molecule has 1 nitrogen and oxygen atoms in total. The topological polar surface area (TPSA) is 17.1 Å². The Kier molecular flexibility index (Phi) is 2.32. The minimum Gasteiger partial charge on any atom is -0.294 e. The van der Waals surface area contributed by atoms with E-state index < -0.39 is 0 Å². The van der Waals surface area contributed by atoms with Gasteiger partial charge in [0.2, 0.25) is 0 Å². The van der Waals surface area contributed by atoms with Crippen LogP contribution in [0.25, 0.3) is 10.8 Å². The molecule has 0 heterocycles. The SMILES string of the molecule is Cc1ccc(C(=O)C2C3CCCC32)c2ccccc12. The van der Waals surface area contributed by atoms with Gasteiger partial charge in [-0.2, -0.15) is 0 Å². The molecule has 0 spiro atoms. The summed E-state index contributed by atoms with van der Waals surface area (Å²) < 4.78 is 0. The van der Waals surface area contributed by atoms with Gasteiger partial charge >= 0.3 is 0 Å². The van der Waals surface area contributed by atoms with Gasteiger partial charge in [-0.1, -0.05) is 42.8 Å². The fraction of sp³-hybridized carbons (Fsp3) is 0.389. The summed E-state index contributed by atoms with van der Waals surface area (Å²) in [6.07, 6.45) is 3.86. The molecule has 2 aliphatic carbocycles. The molecule has 2 fully saturated rings. The fourth-order valence-electron chi connectivity index (χ4n) is 4.05. The van der Waals surface area contributed by atoms with Crippen molar-refractivity contribution in [3.05, 3.63) is 47.5 Å². The highest BCUT2D eigenvalue weighted by atomic mass is 16.1. The first kappa shape index (κ1) is 11.2. The molecule has 2 unspecified atom stereocenters. The van der Waals surface area contributed by atoms with Gasteiger partial charge in [-0.05, 0) is 47.9 Å². The number of rotatable bonds is 2. The number of carbonyl (C=O) groups excluding carboxylic acids is 1. The Bertz CT molecular complexity index is 660. The zero-order valence-corrected chi connectivity index (χ0v) is 11.2. The van der Waals surface area contributed by atoms with Crippen LogP contribution in [0.5, 0.6) is 0 Å². The molecule has 1 heteroatoms. The maximum atomic E-state index is 12.7. The van der Waals surface area contributed by atoms with Crippen molar-refractivity contribution in [3.63, 3.8) is 0 Å². The number of fused-ring (bicyclic) bond motifs is 2. The van der Waals surface area contributed by atoms with Crippen LogP contribution in [0.4, 0.5) is 0 Å². The fourth-order valence-corrected chi connectivity index (χ4v) is 4.05. The van der Waals surface area contributed by atoms with E-state index in [0.717, 1.165) is 10.9 Å². The second kappa shape index (κ2) is 3.93. The quantitative estimate of drug-likeness (QED) is 0.723. The molecular formula is C18H18O. The van der Waals surface area contributed by atoms with Crippen LogP contribution in [0.15, 0.2) is 36.4 Å². The molecule has 0 amide bonds. The van der Waals surface area contributed by atoms with E-state index in [1.807, 2.05) is 12.1 Å². The molecule has 2 atom stereocenters. The number of Topliss-reactive ketones (excluding diaryl/α,β-unsaturated/α-hetero) is 1. The molecule has 4 rings (SSSR count). The molecule has 2 aliphatic rings. The number of aryl methyl sites for hydroxylation is 1. The van der Waals surface area contributed by atoms with Crippen molar-refractivity contribution in [3.8, 4) is 0 Å². The third kappa shape index (κ3) is 1.57. The second-order valence-electron chi connectivity index (χ2n) is 6.12. The Morgan fingerprint density at radius 3 is 2.42 bits per heavy atom. The minimum atomic E-state index is 0.333.